The van der Waals surface area contributed by atoms with Crippen LogP contribution in [-0.4, -0.2) is 37.5 Å². The van der Waals surface area contributed by atoms with Crippen molar-refractivity contribution in [3.63, 3.8) is 0 Å². The third-order valence-electron chi connectivity index (χ3n) is 4.10. The van der Waals surface area contributed by atoms with E-state index in [1.165, 1.54) is 19.3 Å². The molecule has 0 radical (unpaired) electrons. The molecule has 1 N–H and O–H groups in total. The fraction of sp³-hybridized carbons (Fsp3) is 1.00. The van der Waals surface area contributed by atoms with E-state index in [0.717, 1.165) is 19.8 Å². The first-order chi connectivity index (χ1) is 6.78. The molecule has 4 unspecified atom stereocenters. The standard InChI is InChI=1S/C11H19NO2/c1-11(7-13-5-4-12-11)9-6-8-2-3-10(9)14-8/h8-10,12H,2-7H2,1H3. The second-order valence-electron chi connectivity index (χ2n) is 5.11. The summed E-state index contributed by atoms with van der Waals surface area (Å²) in [5.41, 5.74) is 0.165. The molecule has 3 heterocycles. The Morgan fingerprint density at radius 2 is 2.29 bits per heavy atom. The molecule has 3 saturated heterocycles. The predicted octanol–water partition coefficient (Wildman–Crippen LogP) is 0.932. The molecule has 3 rings (SSSR count). The number of hydrogen-bond donors (Lipinski definition) is 1. The number of ether oxygens (including phenoxy) is 2. The van der Waals surface area contributed by atoms with Gasteiger partial charge < -0.3 is 14.8 Å². The van der Waals surface area contributed by atoms with E-state index in [9.17, 15) is 0 Å². The molecule has 3 aliphatic rings. The van der Waals surface area contributed by atoms with Crippen molar-refractivity contribution in [2.45, 2.75) is 43.9 Å². The van der Waals surface area contributed by atoms with Crippen LogP contribution in [0.2, 0.25) is 0 Å². The number of morpholine rings is 1. The third kappa shape index (κ3) is 1.30. The fourth-order valence-corrected chi connectivity index (χ4v) is 3.29. The summed E-state index contributed by atoms with van der Waals surface area (Å²) in [5, 5.41) is 3.62. The van der Waals surface area contributed by atoms with Crippen LogP contribution < -0.4 is 5.32 Å². The molecule has 0 spiro atoms. The van der Waals surface area contributed by atoms with Gasteiger partial charge in [-0.25, -0.2) is 0 Å². The van der Waals surface area contributed by atoms with Gasteiger partial charge in [0.25, 0.3) is 0 Å². The minimum atomic E-state index is 0.165. The summed E-state index contributed by atoms with van der Waals surface area (Å²) < 4.78 is 11.5. The first-order valence-electron chi connectivity index (χ1n) is 5.76. The van der Waals surface area contributed by atoms with Crippen LogP contribution in [0.5, 0.6) is 0 Å². The Morgan fingerprint density at radius 3 is 2.86 bits per heavy atom. The minimum Gasteiger partial charge on any atom is -0.378 e. The quantitative estimate of drug-likeness (QED) is 0.678. The summed E-state index contributed by atoms with van der Waals surface area (Å²) >= 11 is 0. The number of fused-ring (bicyclic) bond motifs is 2. The van der Waals surface area contributed by atoms with Crippen LogP contribution >= 0.6 is 0 Å². The first kappa shape index (κ1) is 9.13. The molecular weight excluding hydrogens is 178 g/mol. The lowest BCUT2D eigenvalue weighted by molar-refractivity contribution is -0.0129. The van der Waals surface area contributed by atoms with Crippen LogP contribution in [0.4, 0.5) is 0 Å². The van der Waals surface area contributed by atoms with Gasteiger partial charge in [-0.2, -0.15) is 0 Å². The molecule has 3 fully saturated rings. The van der Waals surface area contributed by atoms with Gasteiger partial charge in [0.15, 0.2) is 0 Å². The summed E-state index contributed by atoms with van der Waals surface area (Å²) in [7, 11) is 0. The van der Waals surface area contributed by atoms with E-state index in [0.29, 0.717) is 18.1 Å². The number of nitrogens with one attached hydrogen (secondary N) is 1. The Kier molecular flexibility index (Phi) is 2.08. The van der Waals surface area contributed by atoms with Crippen molar-refractivity contribution in [3.8, 4) is 0 Å². The summed E-state index contributed by atoms with van der Waals surface area (Å²) in [4.78, 5) is 0. The van der Waals surface area contributed by atoms with Crippen LogP contribution in [-0.2, 0) is 9.47 Å². The van der Waals surface area contributed by atoms with E-state index in [1.54, 1.807) is 0 Å². The Morgan fingerprint density at radius 1 is 1.36 bits per heavy atom. The van der Waals surface area contributed by atoms with Crippen molar-refractivity contribution in [3.05, 3.63) is 0 Å². The zero-order valence-corrected chi connectivity index (χ0v) is 8.79. The van der Waals surface area contributed by atoms with Gasteiger partial charge >= 0.3 is 0 Å². The summed E-state index contributed by atoms with van der Waals surface area (Å²) in [6.07, 6.45) is 4.81. The van der Waals surface area contributed by atoms with Gasteiger partial charge in [-0.05, 0) is 26.2 Å². The second kappa shape index (κ2) is 3.19. The van der Waals surface area contributed by atoms with Crippen LogP contribution in [0.3, 0.4) is 0 Å². The lowest BCUT2D eigenvalue weighted by atomic mass is 9.75. The lowest BCUT2D eigenvalue weighted by Crippen LogP contribution is -2.58. The highest BCUT2D eigenvalue weighted by molar-refractivity contribution is 5.03. The number of rotatable bonds is 1. The van der Waals surface area contributed by atoms with Crippen molar-refractivity contribution in [1.29, 1.82) is 0 Å². The van der Waals surface area contributed by atoms with Crippen molar-refractivity contribution in [2.24, 2.45) is 5.92 Å². The third-order valence-corrected chi connectivity index (χ3v) is 4.10. The summed E-state index contributed by atoms with van der Waals surface area (Å²) in [6, 6.07) is 0. The molecular formula is C11H19NO2. The van der Waals surface area contributed by atoms with E-state index < -0.39 is 0 Å². The average molecular weight is 197 g/mol. The largest absolute Gasteiger partial charge is 0.378 e. The predicted molar refractivity (Wildman–Crippen MR) is 53.2 cm³/mol. The van der Waals surface area contributed by atoms with Gasteiger partial charge in [-0.1, -0.05) is 0 Å². The topological polar surface area (TPSA) is 30.5 Å². The molecule has 0 amide bonds. The molecule has 2 bridgehead atoms. The van der Waals surface area contributed by atoms with Gasteiger partial charge in [0.2, 0.25) is 0 Å². The molecule has 3 nitrogen and oxygen atoms in total. The highest BCUT2D eigenvalue weighted by Gasteiger charge is 2.50. The Bertz CT molecular complexity index is 225. The highest BCUT2D eigenvalue weighted by atomic mass is 16.5. The normalized spacial score (nSPS) is 52.5. The van der Waals surface area contributed by atoms with Crippen LogP contribution in [0.15, 0.2) is 0 Å². The first-order valence-corrected chi connectivity index (χ1v) is 5.76. The van der Waals surface area contributed by atoms with E-state index in [1.807, 2.05) is 0 Å². The molecule has 0 aromatic rings. The summed E-state index contributed by atoms with van der Waals surface area (Å²) in [6.45, 7) is 4.99. The molecule has 80 valence electrons. The average Bonchev–Trinajstić information content (AvgIpc) is 2.80. The van der Waals surface area contributed by atoms with Crippen molar-refractivity contribution < 1.29 is 9.47 Å². The molecule has 3 heteroatoms. The Labute approximate surface area is 85.1 Å². The monoisotopic (exact) mass is 197 g/mol. The van der Waals surface area contributed by atoms with Gasteiger partial charge in [0.05, 0.1) is 25.4 Å². The zero-order valence-electron chi connectivity index (χ0n) is 8.79. The van der Waals surface area contributed by atoms with Crippen molar-refractivity contribution in [2.75, 3.05) is 19.8 Å². The molecule has 0 saturated carbocycles. The van der Waals surface area contributed by atoms with E-state index in [-0.39, 0.29) is 5.54 Å². The van der Waals surface area contributed by atoms with Gasteiger partial charge in [0.1, 0.15) is 0 Å². The van der Waals surface area contributed by atoms with E-state index in [2.05, 4.69) is 12.2 Å². The van der Waals surface area contributed by atoms with Crippen molar-refractivity contribution in [1.82, 2.24) is 5.32 Å². The van der Waals surface area contributed by atoms with E-state index in [4.69, 9.17) is 9.47 Å². The smallest absolute Gasteiger partial charge is 0.0649 e. The second-order valence-corrected chi connectivity index (χ2v) is 5.11. The fourth-order valence-electron chi connectivity index (χ4n) is 3.29. The minimum absolute atomic E-state index is 0.165. The van der Waals surface area contributed by atoms with Crippen LogP contribution in [0.1, 0.15) is 26.2 Å². The maximum atomic E-state index is 5.91. The SMILES string of the molecule is CC1(C2CC3CCC2O3)COCCN1. The molecule has 14 heavy (non-hydrogen) atoms. The van der Waals surface area contributed by atoms with Crippen LogP contribution in [0.25, 0.3) is 0 Å². The van der Waals surface area contributed by atoms with Crippen molar-refractivity contribution >= 4 is 0 Å². The van der Waals surface area contributed by atoms with Crippen LogP contribution in [0, 0.1) is 5.92 Å². The molecule has 0 aliphatic carbocycles. The lowest BCUT2D eigenvalue weighted by Gasteiger charge is -2.42. The maximum absolute atomic E-state index is 5.91. The van der Waals surface area contributed by atoms with Gasteiger partial charge in [0, 0.05) is 18.0 Å². The highest BCUT2D eigenvalue weighted by Crippen LogP contribution is 2.44. The number of hydrogen-bond acceptors (Lipinski definition) is 3. The Hall–Kier alpha value is -0.120. The van der Waals surface area contributed by atoms with Gasteiger partial charge in [-0.3, -0.25) is 0 Å². The van der Waals surface area contributed by atoms with E-state index >= 15 is 0 Å². The maximum Gasteiger partial charge on any atom is 0.0649 e. The zero-order chi connectivity index (χ0) is 9.60. The summed E-state index contributed by atoms with van der Waals surface area (Å²) in [5.74, 6) is 0.668. The Balaban J connectivity index is 1.74. The molecule has 4 atom stereocenters. The molecule has 3 aliphatic heterocycles. The van der Waals surface area contributed by atoms with Gasteiger partial charge in [-0.15, -0.1) is 0 Å². The molecule has 0 aromatic carbocycles. The molecule has 0 aromatic heterocycles.